The minimum Gasteiger partial charge on any atom is -0.371 e. The molecule has 0 saturated heterocycles. The molecule has 1 aromatic rings. The van der Waals surface area contributed by atoms with Crippen LogP contribution in [0.4, 0.5) is 5.69 Å². The highest BCUT2D eigenvalue weighted by atomic mass is 15.1. The number of aryl methyl sites for hydroxylation is 1. The first kappa shape index (κ1) is 14.1. The van der Waals surface area contributed by atoms with Crippen molar-refractivity contribution >= 4 is 5.69 Å². The van der Waals surface area contributed by atoms with E-state index in [4.69, 9.17) is 0 Å². The van der Waals surface area contributed by atoms with Crippen molar-refractivity contribution in [1.82, 2.24) is 0 Å². The summed E-state index contributed by atoms with van der Waals surface area (Å²) in [6.07, 6.45) is 20.3. The van der Waals surface area contributed by atoms with E-state index in [1.807, 2.05) is 0 Å². The summed E-state index contributed by atoms with van der Waals surface area (Å²) in [6.45, 7) is 0.974. The van der Waals surface area contributed by atoms with Crippen LogP contribution in [0.3, 0.4) is 0 Å². The Bertz CT molecular complexity index is 426. The van der Waals surface area contributed by atoms with E-state index in [0.717, 1.165) is 6.54 Å². The molecule has 0 aromatic heterocycles. The second kappa shape index (κ2) is 8.20. The van der Waals surface area contributed by atoms with Gasteiger partial charge in [-0.25, -0.2) is 0 Å². The molecule has 1 aliphatic rings. The topological polar surface area (TPSA) is 3.24 Å². The van der Waals surface area contributed by atoms with Gasteiger partial charge >= 0.3 is 0 Å². The molecule has 1 heterocycles. The van der Waals surface area contributed by atoms with Crippen LogP contribution in [0.15, 0.2) is 48.6 Å². The Morgan fingerprint density at radius 1 is 1.06 bits per heavy atom. The zero-order chi connectivity index (χ0) is 13.2. The van der Waals surface area contributed by atoms with Gasteiger partial charge in [0, 0.05) is 19.3 Å². The van der Waals surface area contributed by atoms with Crippen LogP contribution >= 0.6 is 0 Å². The monoisotopic (exact) mass is 239 g/mol. The normalized spacial score (nSPS) is 18.5. The second-order valence-electron chi connectivity index (χ2n) is 4.26. The Labute approximate surface area is 111 Å². The van der Waals surface area contributed by atoms with Crippen LogP contribution in [0.25, 0.3) is 0 Å². The first-order valence-corrected chi connectivity index (χ1v) is 6.32. The molecule has 2 rings (SSSR count). The Morgan fingerprint density at radius 2 is 1.78 bits per heavy atom. The summed E-state index contributed by atoms with van der Waals surface area (Å²) >= 11 is 0. The molecule has 0 bridgehead atoms. The fraction of sp³-hybridized carbons (Fsp3) is 0.294. The van der Waals surface area contributed by atoms with Crippen LogP contribution in [-0.2, 0) is 6.42 Å². The fourth-order valence-corrected chi connectivity index (χ4v) is 2.08. The number of hydrogen-bond acceptors (Lipinski definition) is 1. The van der Waals surface area contributed by atoms with Gasteiger partial charge < -0.3 is 4.90 Å². The number of anilines is 1. The van der Waals surface area contributed by atoms with Crippen molar-refractivity contribution in [2.24, 2.45) is 0 Å². The van der Waals surface area contributed by atoms with Crippen molar-refractivity contribution in [1.29, 1.82) is 0 Å². The third kappa shape index (κ3) is 4.14. The minimum atomic E-state index is 0.974. The number of benzene rings is 1. The maximum Gasteiger partial charge on any atom is 0.0398 e. The number of nitrogens with zero attached hydrogens (tertiary/aromatic N) is 1. The Morgan fingerprint density at radius 3 is 2.61 bits per heavy atom. The van der Waals surface area contributed by atoms with E-state index < -0.39 is 0 Å². The van der Waals surface area contributed by atoms with Gasteiger partial charge in [0.25, 0.3) is 0 Å². The molecule has 0 radical (unpaired) electrons. The largest absolute Gasteiger partial charge is 0.371 e. The number of hydrogen-bond donors (Lipinski definition) is 0. The predicted molar refractivity (Wildman–Crippen MR) is 80.8 cm³/mol. The third-order valence-corrected chi connectivity index (χ3v) is 2.98. The lowest BCUT2D eigenvalue weighted by Gasteiger charge is -2.20. The SMILES string of the molecule is C#C.CN1C/C=C\C=C/CCCc2ccccc21. The standard InChI is InChI=1S/C15H19N.C2H2/c1-16-13-9-5-3-2-4-6-10-14-11-7-8-12-15(14)16;1-2/h2-3,5,7-9,11-12H,4,6,10,13H2,1H3;1-2H/b3-2-,9-5-;. The number of rotatable bonds is 0. The molecule has 0 saturated carbocycles. The van der Waals surface area contributed by atoms with Crippen LogP contribution in [0, 0.1) is 12.8 Å². The number of terminal acetylenes is 1. The van der Waals surface area contributed by atoms with Gasteiger partial charge in [0.05, 0.1) is 0 Å². The zero-order valence-corrected chi connectivity index (χ0v) is 11.0. The summed E-state index contributed by atoms with van der Waals surface area (Å²) in [6, 6.07) is 8.72. The Hall–Kier alpha value is -1.94. The molecule has 0 unspecified atom stereocenters. The molecule has 1 aromatic carbocycles. The molecule has 0 fully saturated rings. The zero-order valence-electron chi connectivity index (χ0n) is 11.0. The van der Waals surface area contributed by atoms with Gasteiger partial charge in [0.1, 0.15) is 0 Å². The highest BCUT2D eigenvalue weighted by Gasteiger charge is 2.05. The summed E-state index contributed by atoms with van der Waals surface area (Å²) in [4.78, 5) is 2.31. The van der Waals surface area contributed by atoms with Gasteiger partial charge in [0.15, 0.2) is 0 Å². The lowest BCUT2D eigenvalue weighted by molar-refractivity contribution is 0.837. The van der Waals surface area contributed by atoms with Crippen molar-refractivity contribution in [2.75, 3.05) is 18.5 Å². The quantitative estimate of drug-likeness (QED) is 0.622. The molecule has 1 aliphatic heterocycles. The summed E-state index contributed by atoms with van der Waals surface area (Å²) in [5.74, 6) is 0. The van der Waals surface area contributed by atoms with Crippen molar-refractivity contribution in [3.05, 3.63) is 54.1 Å². The van der Waals surface area contributed by atoms with E-state index in [1.54, 1.807) is 0 Å². The van der Waals surface area contributed by atoms with Crippen LogP contribution in [0.5, 0.6) is 0 Å². The van der Waals surface area contributed by atoms with Crippen LogP contribution in [-0.4, -0.2) is 13.6 Å². The van der Waals surface area contributed by atoms with Gasteiger partial charge in [-0.3, -0.25) is 0 Å². The van der Waals surface area contributed by atoms with Crippen molar-refractivity contribution in [3.8, 4) is 12.8 Å². The maximum atomic E-state index is 4.00. The van der Waals surface area contributed by atoms with E-state index in [2.05, 4.69) is 73.4 Å². The van der Waals surface area contributed by atoms with Crippen molar-refractivity contribution in [3.63, 3.8) is 0 Å². The van der Waals surface area contributed by atoms with E-state index in [1.165, 1.54) is 30.5 Å². The van der Waals surface area contributed by atoms with Crippen molar-refractivity contribution < 1.29 is 0 Å². The van der Waals surface area contributed by atoms with Crippen LogP contribution in [0.1, 0.15) is 18.4 Å². The van der Waals surface area contributed by atoms with E-state index in [-0.39, 0.29) is 0 Å². The first-order chi connectivity index (χ1) is 8.88. The lowest BCUT2D eigenvalue weighted by Crippen LogP contribution is -2.18. The second-order valence-corrected chi connectivity index (χ2v) is 4.26. The number of para-hydroxylation sites is 1. The molecule has 1 heteroatoms. The summed E-state index contributed by atoms with van der Waals surface area (Å²) < 4.78 is 0. The molecule has 0 spiro atoms. The summed E-state index contributed by atoms with van der Waals surface area (Å²) in [5, 5.41) is 0. The Kier molecular flexibility index (Phi) is 6.43. The first-order valence-electron chi connectivity index (χ1n) is 6.32. The molecule has 0 N–H and O–H groups in total. The molecular weight excluding hydrogens is 218 g/mol. The molecule has 18 heavy (non-hydrogen) atoms. The molecule has 0 atom stereocenters. The third-order valence-electron chi connectivity index (χ3n) is 2.98. The van der Waals surface area contributed by atoms with E-state index >= 15 is 0 Å². The van der Waals surface area contributed by atoms with Gasteiger partial charge in [-0.2, -0.15) is 0 Å². The molecular formula is C17H21N. The fourth-order valence-electron chi connectivity index (χ4n) is 2.08. The highest BCUT2D eigenvalue weighted by Crippen LogP contribution is 2.21. The number of fused-ring (bicyclic) bond motifs is 1. The van der Waals surface area contributed by atoms with Crippen LogP contribution < -0.4 is 4.90 Å². The number of likely N-dealkylation sites (N-methyl/N-ethyl adjacent to an activating group) is 1. The average Bonchev–Trinajstić information content (AvgIpc) is 2.47. The molecule has 1 nitrogen and oxygen atoms in total. The molecule has 94 valence electrons. The molecule has 0 aliphatic carbocycles. The van der Waals surface area contributed by atoms with E-state index in [9.17, 15) is 0 Å². The Balaban J connectivity index is 0.000000771. The molecule has 0 amide bonds. The van der Waals surface area contributed by atoms with Gasteiger partial charge in [0.2, 0.25) is 0 Å². The highest BCUT2D eigenvalue weighted by molar-refractivity contribution is 5.53. The number of allylic oxidation sites excluding steroid dienone is 3. The van der Waals surface area contributed by atoms with Gasteiger partial charge in [-0.15, -0.1) is 12.8 Å². The summed E-state index contributed by atoms with van der Waals surface area (Å²) in [5.41, 5.74) is 2.84. The lowest BCUT2D eigenvalue weighted by atomic mass is 10.1. The smallest absolute Gasteiger partial charge is 0.0398 e. The minimum absolute atomic E-state index is 0.974. The predicted octanol–water partition coefficient (Wildman–Crippen LogP) is 3.82. The summed E-state index contributed by atoms with van der Waals surface area (Å²) in [7, 11) is 2.16. The maximum absolute atomic E-state index is 4.00. The average molecular weight is 239 g/mol. The van der Waals surface area contributed by atoms with Crippen molar-refractivity contribution in [2.45, 2.75) is 19.3 Å². The van der Waals surface area contributed by atoms with Gasteiger partial charge in [-0.1, -0.05) is 42.5 Å². The van der Waals surface area contributed by atoms with Gasteiger partial charge in [-0.05, 0) is 30.9 Å². The van der Waals surface area contributed by atoms with Crippen LogP contribution in [0.2, 0.25) is 0 Å². The van der Waals surface area contributed by atoms with E-state index in [0.29, 0.717) is 0 Å².